The van der Waals surface area contributed by atoms with E-state index in [4.69, 9.17) is 16.3 Å². The summed E-state index contributed by atoms with van der Waals surface area (Å²) in [4.78, 5) is 57.8. The Hall–Kier alpha value is -3.54. The largest absolute Gasteiger partial charge is 0.432 e. The topological polar surface area (TPSA) is 111 Å². The number of carbonyl (C=O) groups is 3. The summed E-state index contributed by atoms with van der Waals surface area (Å²) in [5.41, 5.74) is 3.25. The summed E-state index contributed by atoms with van der Waals surface area (Å²) in [7, 11) is -3.01. The van der Waals surface area contributed by atoms with Crippen LogP contribution in [-0.4, -0.2) is 66.1 Å². The Balaban J connectivity index is 1.22. The number of aliphatic hydroxyl groups is 1. The van der Waals surface area contributed by atoms with E-state index in [0.29, 0.717) is 42.2 Å². The molecule has 4 aliphatic heterocycles. The van der Waals surface area contributed by atoms with Gasteiger partial charge in [-0.05, 0) is 66.5 Å². The lowest BCUT2D eigenvalue weighted by atomic mass is 9.82. The molecule has 2 fully saturated rings. The van der Waals surface area contributed by atoms with E-state index in [1.165, 1.54) is 0 Å². The zero-order valence-corrected chi connectivity index (χ0v) is 28.6. The molecule has 0 radical (unpaired) electrons. The number of hydrogen-bond donors (Lipinski definition) is 2. The van der Waals surface area contributed by atoms with Crippen LogP contribution in [0.5, 0.6) is 0 Å². The van der Waals surface area contributed by atoms with Crippen LogP contribution in [0.25, 0.3) is 0 Å². The Kier molecular flexibility index (Phi) is 8.08. The zero-order chi connectivity index (χ0) is 33.2. The number of halogens is 1. The minimum absolute atomic E-state index is 0.0263. The van der Waals surface area contributed by atoms with Crippen LogP contribution in [0.15, 0.2) is 66.7 Å². The van der Waals surface area contributed by atoms with E-state index in [-0.39, 0.29) is 43.3 Å². The molecule has 2 saturated heterocycles. The molecule has 0 bridgehead atoms. The summed E-state index contributed by atoms with van der Waals surface area (Å²) >= 11 is 6.55. The molecule has 246 valence electrons. The summed E-state index contributed by atoms with van der Waals surface area (Å²) in [6, 6.07) is 20.6. The maximum atomic E-state index is 14.8. The van der Waals surface area contributed by atoms with Crippen LogP contribution in [0, 0.1) is 5.92 Å². The summed E-state index contributed by atoms with van der Waals surface area (Å²) in [5.74, 6) is -0.816. The van der Waals surface area contributed by atoms with Crippen LogP contribution in [0.3, 0.4) is 0 Å². The second kappa shape index (κ2) is 11.9. The van der Waals surface area contributed by atoms with E-state index in [9.17, 15) is 24.3 Å². The van der Waals surface area contributed by atoms with Crippen LogP contribution in [0.1, 0.15) is 42.0 Å². The third-order valence-electron chi connectivity index (χ3n) is 10.6. The quantitative estimate of drug-likeness (QED) is 0.277. The van der Waals surface area contributed by atoms with Gasteiger partial charge in [-0.25, -0.2) is 0 Å². The van der Waals surface area contributed by atoms with E-state index in [1.54, 1.807) is 26.8 Å². The Morgan fingerprint density at radius 2 is 1.83 bits per heavy atom. The maximum Gasteiger partial charge on any atom is 0.264 e. The fourth-order valence-corrected chi connectivity index (χ4v) is 11.1. The van der Waals surface area contributed by atoms with Crippen molar-refractivity contribution in [2.75, 3.05) is 23.0 Å². The maximum absolute atomic E-state index is 14.8. The normalized spacial score (nSPS) is 26.9. The van der Waals surface area contributed by atoms with Crippen LogP contribution in [0.2, 0.25) is 23.7 Å². The first kappa shape index (κ1) is 32.0. The highest BCUT2D eigenvalue weighted by Crippen LogP contribution is 2.60. The third kappa shape index (κ3) is 5.30. The molecular weight excluding hydrogens is 634 g/mol. The fourth-order valence-electron chi connectivity index (χ4n) is 8.33. The van der Waals surface area contributed by atoms with Gasteiger partial charge in [-0.15, -0.1) is 0 Å². The molecule has 0 aromatic heterocycles. The number of amides is 3. The first-order chi connectivity index (χ1) is 22.4. The van der Waals surface area contributed by atoms with E-state index >= 15 is 0 Å². The molecule has 3 aromatic carbocycles. The van der Waals surface area contributed by atoms with Gasteiger partial charge in [0, 0.05) is 47.2 Å². The monoisotopic (exact) mass is 673 g/mol. The first-order valence-electron chi connectivity index (χ1n) is 16.3. The van der Waals surface area contributed by atoms with Gasteiger partial charge in [-0.3, -0.25) is 14.4 Å². The minimum atomic E-state index is -3.01. The van der Waals surface area contributed by atoms with Crippen LogP contribution in [0.4, 0.5) is 11.4 Å². The van der Waals surface area contributed by atoms with Crippen molar-refractivity contribution in [2.45, 2.75) is 75.7 Å². The molecule has 0 unspecified atom stereocenters. The van der Waals surface area contributed by atoms with E-state index in [2.05, 4.69) is 0 Å². The van der Waals surface area contributed by atoms with Crippen molar-refractivity contribution in [1.29, 1.82) is 0 Å². The average molecular weight is 674 g/mol. The zero-order valence-electron chi connectivity index (χ0n) is 26.9. The Morgan fingerprint density at radius 3 is 2.51 bits per heavy atom. The molecule has 4 aliphatic rings. The van der Waals surface area contributed by atoms with Crippen molar-refractivity contribution in [2.24, 2.45) is 5.92 Å². The van der Waals surface area contributed by atoms with Crippen molar-refractivity contribution in [3.63, 3.8) is 0 Å². The molecule has 47 heavy (non-hydrogen) atoms. The third-order valence-corrected chi connectivity index (χ3v) is 13.4. The van der Waals surface area contributed by atoms with E-state index in [0.717, 1.165) is 22.4 Å². The van der Waals surface area contributed by atoms with Gasteiger partial charge in [-0.2, -0.15) is 0 Å². The van der Waals surface area contributed by atoms with Gasteiger partial charge in [0.2, 0.25) is 11.8 Å². The highest BCUT2D eigenvalue weighted by atomic mass is 35.5. The highest BCUT2D eigenvalue weighted by molar-refractivity contribution is 6.71. The molecule has 3 aromatic rings. The smallest absolute Gasteiger partial charge is 0.264 e. The van der Waals surface area contributed by atoms with Crippen molar-refractivity contribution in [3.05, 3.63) is 94.0 Å². The van der Waals surface area contributed by atoms with Gasteiger partial charge in [0.1, 0.15) is 0 Å². The predicted molar refractivity (Wildman–Crippen MR) is 181 cm³/mol. The van der Waals surface area contributed by atoms with E-state index in [1.807, 2.05) is 74.6 Å². The number of hydrogen-bond acceptors (Lipinski definition) is 6. The lowest BCUT2D eigenvalue weighted by Gasteiger charge is -2.37. The summed E-state index contributed by atoms with van der Waals surface area (Å²) < 4.78 is 6.89. The number of anilines is 2. The van der Waals surface area contributed by atoms with Gasteiger partial charge in [0.05, 0.1) is 37.4 Å². The predicted octanol–water partition coefficient (Wildman–Crippen LogP) is 4.76. The molecule has 4 heterocycles. The molecule has 1 spiro atoms. The van der Waals surface area contributed by atoms with Gasteiger partial charge in [0.15, 0.2) is 13.9 Å². The number of carbonyl (C=O) groups excluding carboxylic acids is 3. The average Bonchev–Trinajstić information content (AvgIpc) is 3.45. The molecular formula is C36H40ClN3O6Si. The highest BCUT2D eigenvalue weighted by Gasteiger charge is 2.66. The van der Waals surface area contributed by atoms with Gasteiger partial charge in [0.25, 0.3) is 5.91 Å². The SMILES string of the molecule is C[C@@H]1[C@@H]([Si](C)(C)O)[C@H](CC(=O)N2Cc3ccccc3C[C@H]2CO)O[C@@]12C(=O)N(Cc1cccc(N3CCC3=O)c1)c1ccc(Cl)cc12. The minimum Gasteiger partial charge on any atom is -0.432 e. The Morgan fingerprint density at radius 1 is 1.06 bits per heavy atom. The molecule has 7 rings (SSSR count). The van der Waals surface area contributed by atoms with Crippen molar-refractivity contribution in [1.82, 2.24) is 4.90 Å². The second-order valence-electron chi connectivity index (χ2n) is 13.9. The summed E-state index contributed by atoms with van der Waals surface area (Å²) in [5, 5.41) is 10.7. The number of rotatable bonds is 7. The van der Waals surface area contributed by atoms with Gasteiger partial charge >= 0.3 is 0 Å². The molecule has 9 nitrogen and oxygen atoms in total. The van der Waals surface area contributed by atoms with Crippen molar-refractivity contribution in [3.8, 4) is 0 Å². The summed E-state index contributed by atoms with van der Waals surface area (Å²) in [6.07, 6.45) is 0.334. The van der Waals surface area contributed by atoms with Crippen LogP contribution < -0.4 is 9.80 Å². The Labute approximate surface area is 280 Å². The molecule has 11 heteroatoms. The lowest BCUT2D eigenvalue weighted by Crippen LogP contribution is -2.48. The number of ether oxygens (including phenoxy) is 1. The molecule has 0 saturated carbocycles. The summed E-state index contributed by atoms with van der Waals surface area (Å²) in [6.45, 7) is 6.75. The van der Waals surface area contributed by atoms with Crippen molar-refractivity contribution >= 4 is 49.0 Å². The van der Waals surface area contributed by atoms with Gasteiger partial charge < -0.3 is 29.3 Å². The lowest BCUT2D eigenvalue weighted by molar-refractivity contribution is -0.151. The van der Waals surface area contributed by atoms with Crippen LogP contribution >= 0.6 is 11.6 Å². The fraction of sp³-hybridized carbons (Fsp3) is 0.417. The number of aliphatic hydroxyl groups excluding tert-OH is 1. The second-order valence-corrected chi connectivity index (χ2v) is 18.3. The van der Waals surface area contributed by atoms with Crippen LogP contribution in [-0.2, 0) is 44.2 Å². The molecule has 0 aliphatic carbocycles. The molecule has 3 amide bonds. The number of fused-ring (bicyclic) bond motifs is 3. The number of benzene rings is 3. The van der Waals surface area contributed by atoms with E-state index < -0.39 is 31.5 Å². The Bertz CT molecular complexity index is 1760. The first-order valence-corrected chi connectivity index (χ1v) is 19.7. The number of nitrogens with zero attached hydrogens (tertiary/aromatic N) is 3. The number of β-lactam (4-membered cyclic amide) rings is 1. The molecule has 5 atom stereocenters. The standard InChI is InChI=1S/C36H40ClN3O6Si/c1-22-34(47(2,3)45)31(18-33(43)39-20-25-9-5-4-8-24(25)16-28(39)21-41)46-36(22)29-17-26(37)11-12-30(29)40(35(36)44)19-23-7-6-10-27(15-23)38-14-13-32(38)42/h4-12,15,17,22,28,31,34,41,45H,13-14,16,18-21H2,1-3H3/t22-,28+,31+,34-,36+/m1/s1. The van der Waals surface area contributed by atoms with Gasteiger partial charge in [-0.1, -0.05) is 54.9 Å². The molecule has 2 N–H and O–H groups in total. The van der Waals surface area contributed by atoms with Crippen molar-refractivity contribution < 1.29 is 29.0 Å².